The molecule has 0 aliphatic carbocycles. The number of rotatable bonds is 4. The van der Waals surface area contributed by atoms with E-state index in [2.05, 4.69) is 16.9 Å². The fourth-order valence-corrected chi connectivity index (χ4v) is 1.46. The van der Waals surface area contributed by atoms with Gasteiger partial charge in [-0.15, -0.1) is 6.58 Å². The third-order valence-electron chi connectivity index (χ3n) is 2.21. The summed E-state index contributed by atoms with van der Waals surface area (Å²) in [5.41, 5.74) is 0.120. The molecule has 0 atom stereocenters. The van der Waals surface area contributed by atoms with E-state index in [1.165, 1.54) is 10.8 Å². The van der Waals surface area contributed by atoms with Crippen molar-refractivity contribution in [1.82, 2.24) is 9.55 Å². The highest BCUT2D eigenvalue weighted by Crippen LogP contribution is 2.18. The molecule has 1 aromatic heterocycles. The van der Waals surface area contributed by atoms with Crippen LogP contribution in [-0.4, -0.2) is 16.1 Å². The Morgan fingerprint density at radius 3 is 3.00 bits per heavy atom. The Kier molecular flexibility index (Phi) is 3.18. The molecule has 0 aliphatic heterocycles. The van der Waals surface area contributed by atoms with Crippen LogP contribution < -0.4 is 5.32 Å². The van der Waals surface area contributed by atoms with E-state index in [0.717, 1.165) is 18.2 Å². The number of imidazole rings is 1. The fourth-order valence-electron chi connectivity index (χ4n) is 1.46. The van der Waals surface area contributed by atoms with Gasteiger partial charge in [-0.05, 0) is 12.1 Å². The quantitative estimate of drug-likeness (QED) is 0.826. The zero-order chi connectivity index (χ0) is 12.3. The van der Waals surface area contributed by atoms with E-state index in [1.54, 1.807) is 12.3 Å². The van der Waals surface area contributed by atoms with Crippen molar-refractivity contribution in [2.24, 2.45) is 0 Å². The molecule has 2 aromatic rings. The minimum absolute atomic E-state index is 0.120. The van der Waals surface area contributed by atoms with Crippen molar-refractivity contribution >= 4 is 5.95 Å². The summed E-state index contributed by atoms with van der Waals surface area (Å²) < 4.78 is 28.1. The molecule has 0 saturated carbocycles. The molecule has 3 nitrogen and oxygen atoms in total. The van der Waals surface area contributed by atoms with E-state index >= 15 is 0 Å². The SMILES string of the molecule is C=CCNc1nccn1-c1cc(F)ccc1F. The smallest absolute Gasteiger partial charge is 0.207 e. The van der Waals surface area contributed by atoms with Gasteiger partial charge in [0, 0.05) is 25.0 Å². The van der Waals surface area contributed by atoms with Gasteiger partial charge < -0.3 is 5.32 Å². The standard InChI is InChI=1S/C12H11F2N3/c1-2-5-15-12-16-6-7-17(12)11-8-9(13)3-4-10(11)14/h2-4,6-8H,1,5H2,(H,15,16). The van der Waals surface area contributed by atoms with E-state index < -0.39 is 11.6 Å². The Hall–Kier alpha value is -2.17. The topological polar surface area (TPSA) is 29.9 Å². The van der Waals surface area contributed by atoms with Crippen LogP contribution in [0.3, 0.4) is 0 Å². The molecule has 5 heteroatoms. The van der Waals surface area contributed by atoms with Gasteiger partial charge in [-0.1, -0.05) is 6.08 Å². The largest absolute Gasteiger partial charge is 0.352 e. The summed E-state index contributed by atoms with van der Waals surface area (Å²) in [6.07, 6.45) is 4.72. The number of hydrogen-bond donors (Lipinski definition) is 1. The first-order chi connectivity index (χ1) is 8.22. The molecule has 0 aliphatic rings. The van der Waals surface area contributed by atoms with Gasteiger partial charge in [0.2, 0.25) is 5.95 Å². The number of benzene rings is 1. The zero-order valence-corrected chi connectivity index (χ0v) is 9.03. The van der Waals surface area contributed by atoms with Crippen molar-refractivity contribution in [3.63, 3.8) is 0 Å². The minimum Gasteiger partial charge on any atom is -0.352 e. The molecule has 1 N–H and O–H groups in total. The van der Waals surface area contributed by atoms with Gasteiger partial charge in [0.05, 0.1) is 5.69 Å². The molecule has 88 valence electrons. The first kappa shape index (κ1) is 11.3. The summed E-state index contributed by atoms with van der Waals surface area (Å²) in [7, 11) is 0. The number of halogens is 2. The van der Waals surface area contributed by atoms with Crippen LogP contribution in [0.4, 0.5) is 14.7 Å². The predicted molar refractivity (Wildman–Crippen MR) is 62.2 cm³/mol. The summed E-state index contributed by atoms with van der Waals surface area (Å²) >= 11 is 0. The Morgan fingerprint density at radius 1 is 1.41 bits per heavy atom. The first-order valence-electron chi connectivity index (χ1n) is 5.06. The Bertz CT molecular complexity index is 534. The highest BCUT2D eigenvalue weighted by molar-refractivity contribution is 5.43. The average Bonchev–Trinajstić information content (AvgIpc) is 2.77. The van der Waals surface area contributed by atoms with Crippen LogP contribution in [-0.2, 0) is 0 Å². The molecule has 0 amide bonds. The molecular formula is C12H11F2N3. The maximum atomic E-state index is 13.6. The second-order valence-electron chi connectivity index (χ2n) is 3.39. The Balaban J connectivity index is 2.42. The zero-order valence-electron chi connectivity index (χ0n) is 9.03. The van der Waals surface area contributed by atoms with Crippen LogP contribution >= 0.6 is 0 Å². The van der Waals surface area contributed by atoms with E-state index in [0.29, 0.717) is 12.5 Å². The van der Waals surface area contributed by atoms with Crippen LogP contribution in [0.2, 0.25) is 0 Å². The van der Waals surface area contributed by atoms with Crippen LogP contribution in [0, 0.1) is 11.6 Å². The van der Waals surface area contributed by atoms with E-state index in [-0.39, 0.29) is 5.69 Å². The van der Waals surface area contributed by atoms with Crippen LogP contribution in [0.25, 0.3) is 5.69 Å². The van der Waals surface area contributed by atoms with Gasteiger partial charge in [0.15, 0.2) is 0 Å². The second-order valence-corrected chi connectivity index (χ2v) is 3.39. The summed E-state index contributed by atoms with van der Waals surface area (Å²) in [5, 5.41) is 2.93. The van der Waals surface area contributed by atoms with Crippen molar-refractivity contribution in [3.05, 3.63) is 54.9 Å². The minimum atomic E-state index is -0.508. The van der Waals surface area contributed by atoms with Crippen molar-refractivity contribution in [3.8, 4) is 5.69 Å². The van der Waals surface area contributed by atoms with E-state index in [4.69, 9.17) is 0 Å². The van der Waals surface area contributed by atoms with E-state index in [9.17, 15) is 8.78 Å². The van der Waals surface area contributed by atoms with E-state index in [1.807, 2.05) is 0 Å². The number of hydrogen-bond acceptors (Lipinski definition) is 2. The van der Waals surface area contributed by atoms with Gasteiger partial charge in [-0.2, -0.15) is 0 Å². The van der Waals surface area contributed by atoms with Crippen LogP contribution in [0.15, 0.2) is 43.2 Å². The lowest BCUT2D eigenvalue weighted by Gasteiger charge is -2.09. The van der Waals surface area contributed by atoms with Gasteiger partial charge in [0.25, 0.3) is 0 Å². The summed E-state index contributed by atoms with van der Waals surface area (Å²) in [6, 6.07) is 3.28. The van der Waals surface area contributed by atoms with Crippen LogP contribution in [0.1, 0.15) is 0 Å². The third kappa shape index (κ3) is 2.33. The van der Waals surface area contributed by atoms with Crippen molar-refractivity contribution in [1.29, 1.82) is 0 Å². The molecule has 0 unspecified atom stereocenters. The lowest BCUT2D eigenvalue weighted by Crippen LogP contribution is -2.07. The van der Waals surface area contributed by atoms with Gasteiger partial charge >= 0.3 is 0 Å². The summed E-state index contributed by atoms with van der Waals surface area (Å²) in [5.74, 6) is -0.565. The van der Waals surface area contributed by atoms with Crippen molar-refractivity contribution in [2.45, 2.75) is 0 Å². The van der Waals surface area contributed by atoms with Crippen LogP contribution in [0.5, 0.6) is 0 Å². The lowest BCUT2D eigenvalue weighted by atomic mass is 10.3. The first-order valence-corrected chi connectivity index (χ1v) is 5.06. The van der Waals surface area contributed by atoms with Crippen molar-refractivity contribution < 1.29 is 8.78 Å². The lowest BCUT2D eigenvalue weighted by molar-refractivity contribution is 0.593. The predicted octanol–water partition coefficient (Wildman–Crippen LogP) is 2.75. The highest BCUT2D eigenvalue weighted by atomic mass is 19.1. The molecule has 17 heavy (non-hydrogen) atoms. The Morgan fingerprint density at radius 2 is 2.24 bits per heavy atom. The Labute approximate surface area is 97.4 Å². The molecule has 1 aromatic carbocycles. The molecule has 0 saturated heterocycles. The summed E-state index contributed by atoms with van der Waals surface area (Å²) in [6.45, 7) is 4.05. The third-order valence-corrected chi connectivity index (χ3v) is 2.21. The molecule has 0 bridgehead atoms. The molecule has 0 spiro atoms. The molecule has 0 radical (unpaired) electrons. The fraction of sp³-hybridized carbons (Fsp3) is 0.0833. The highest BCUT2D eigenvalue weighted by Gasteiger charge is 2.09. The second kappa shape index (κ2) is 4.78. The monoisotopic (exact) mass is 235 g/mol. The number of anilines is 1. The maximum absolute atomic E-state index is 13.6. The van der Waals surface area contributed by atoms with Gasteiger partial charge in [-0.25, -0.2) is 13.8 Å². The van der Waals surface area contributed by atoms with Crippen molar-refractivity contribution in [2.75, 3.05) is 11.9 Å². The number of nitrogens with zero attached hydrogens (tertiary/aromatic N) is 2. The molecular weight excluding hydrogens is 224 g/mol. The molecule has 2 rings (SSSR count). The van der Waals surface area contributed by atoms with Gasteiger partial charge in [-0.3, -0.25) is 4.57 Å². The number of aromatic nitrogens is 2. The number of nitrogens with one attached hydrogen (secondary N) is 1. The molecule has 1 heterocycles. The average molecular weight is 235 g/mol. The normalized spacial score (nSPS) is 10.2. The summed E-state index contributed by atoms with van der Waals surface area (Å²) in [4.78, 5) is 4.02. The maximum Gasteiger partial charge on any atom is 0.207 e. The molecule has 0 fully saturated rings. The van der Waals surface area contributed by atoms with Gasteiger partial charge in [0.1, 0.15) is 11.6 Å².